The lowest BCUT2D eigenvalue weighted by Gasteiger charge is -2.37. The summed E-state index contributed by atoms with van der Waals surface area (Å²) in [5.41, 5.74) is 3.84. The number of carbonyl (C=O) groups is 1. The Morgan fingerprint density at radius 1 is 1.00 bits per heavy atom. The van der Waals surface area contributed by atoms with Crippen molar-refractivity contribution >= 4 is 11.7 Å². The van der Waals surface area contributed by atoms with Crippen LogP contribution in [0.25, 0.3) is 11.1 Å². The highest BCUT2D eigenvalue weighted by Gasteiger charge is 2.38. The maximum Gasteiger partial charge on any atom is 0.573 e. The standard InChI is InChI=1S/C30H28F3N3O2/c1-3-7-27-35-26(4-2)28(22-14-16-24(17-15-22)38-30(31,32)33)29(37)36(27)19-20-10-12-21(13-11-20)25-9-6-5-8-23(25)18-34/h5-6,8-17,26,28H,3-4,7,19H2,1-2H3. The highest BCUT2D eigenvalue weighted by Crippen LogP contribution is 2.34. The minimum absolute atomic E-state index is 0.126. The van der Waals surface area contributed by atoms with E-state index in [0.29, 0.717) is 30.5 Å². The molecule has 1 aliphatic heterocycles. The molecule has 1 amide bonds. The molecular formula is C30H28F3N3O2. The van der Waals surface area contributed by atoms with Crippen LogP contribution in [-0.4, -0.2) is 29.0 Å². The van der Waals surface area contributed by atoms with Crippen molar-refractivity contribution in [3.63, 3.8) is 0 Å². The second-order valence-corrected chi connectivity index (χ2v) is 9.14. The Morgan fingerprint density at radius 2 is 1.68 bits per heavy atom. The topological polar surface area (TPSA) is 65.7 Å². The lowest BCUT2D eigenvalue weighted by Crippen LogP contribution is -2.47. The van der Waals surface area contributed by atoms with Crippen LogP contribution in [0.3, 0.4) is 0 Å². The summed E-state index contributed by atoms with van der Waals surface area (Å²) in [6, 6.07) is 22.5. The molecule has 4 rings (SSSR count). The Bertz CT molecular complexity index is 1340. The van der Waals surface area contributed by atoms with Crippen LogP contribution in [0.2, 0.25) is 0 Å². The van der Waals surface area contributed by atoms with Gasteiger partial charge in [-0.15, -0.1) is 13.2 Å². The first-order valence-electron chi connectivity index (χ1n) is 12.6. The van der Waals surface area contributed by atoms with Crippen LogP contribution in [0.1, 0.15) is 55.7 Å². The molecule has 1 aliphatic rings. The van der Waals surface area contributed by atoms with Crippen molar-refractivity contribution in [2.45, 2.75) is 58.0 Å². The zero-order valence-electron chi connectivity index (χ0n) is 21.2. The van der Waals surface area contributed by atoms with Crippen molar-refractivity contribution in [2.24, 2.45) is 4.99 Å². The fraction of sp³-hybridized carbons (Fsp3) is 0.300. The molecule has 1 heterocycles. The predicted octanol–water partition coefficient (Wildman–Crippen LogP) is 7.23. The fourth-order valence-corrected chi connectivity index (χ4v) is 4.76. The molecule has 0 fully saturated rings. The summed E-state index contributed by atoms with van der Waals surface area (Å²) in [5, 5.41) is 9.42. The summed E-state index contributed by atoms with van der Waals surface area (Å²) in [4.78, 5) is 20.5. The Labute approximate surface area is 220 Å². The first-order chi connectivity index (χ1) is 18.2. The van der Waals surface area contributed by atoms with Gasteiger partial charge in [-0.3, -0.25) is 14.7 Å². The Kier molecular flexibility index (Phi) is 8.16. The molecule has 5 nitrogen and oxygen atoms in total. The molecule has 0 aromatic heterocycles. The van der Waals surface area contributed by atoms with E-state index >= 15 is 0 Å². The van der Waals surface area contributed by atoms with Crippen molar-refractivity contribution in [1.82, 2.24) is 4.90 Å². The van der Waals surface area contributed by atoms with E-state index in [-0.39, 0.29) is 17.7 Å². The smallest absolute Gasteiger partial charge is 0.406 e. The van der Waals surface area contributed by atoms with E-state index in [1.165, 1.54) is 24.3 Å². The third-order valence-electron chi connectivity index (χ3n) is 6.56. The summed E-state index contributed by atoms with van der Waals surface area (Å²) >= 11 is 0. The highest BCUT2D eigenvalue weighted by molar-refractivity contribution is 6.03. The van der Waals surface area contributed by atoms with Crippen LogP contribution < -0.4 is 4.74 Å². The number of amides is 1. The van der Waals surface area contributed by atoms with Crippen molar-refractivity contribution in [3.8, 4) is 22.9 Å². The maximum atomic E-state index is 13.9. The monoisotopic (exact) mass is 519 g/mol. The van der Waals surface area contributed by atoms with Crippen LogP contribution >= 0.6 is 0 Å². The van der Waals surface area contributed by atoms with Gasteiger partial charge in [0.1, 0.15) is 11.6 Å². The molecule has 0 spiro atoms. The number of rotatable bonds is 8. The molecular weight excluding hydrogens is 491 g/mol. The Morgan fingerprint density at radius 3 is 2.29 bits per heavy atom. The average Bonchev–Trinajstić information content (AvgIpc) is 2.90. The third kappa shape index (κ3) is 6.05. The summed E-state index contributed by atoms with van der Waals surface area (Å²) in [5.74, 6) is -0.347. The van der Waals surface area contributed by atoms with Crippen LogP contribution in [0.15, 0.2) is 77.8 Å². The van der Waals surface area contributed by atoms with Crippen LogP contribution in [0.5, 0.6) is 5.75 Å². The number of nitrogens with zero attached hydrogens (tertiary/aromatic N) is 3. The molecule has 0 radical (unpaired) electrons. The van der Waals surface area contributed by atoms with Gasteiger partial charge in [-0.05, 0) is 53.3 Å². The molecule has 3 aromatic carbocycles. The largest absolute Gasteiger partial charge is 0.573 e. The van der Waals surface area contributed by atoms with Crippen LogP contribution in [0.4, 0.5) is 13.2 Å². The minimum Gasteiger partial charge on any atom is -0.406 e. The van der Waals surface area contributed by atoms with Crippen molar-refractivity contribution < 1.29 is 22.7 Å². The van der Waals surface area contributed by atoms with E-state index in [9.17, 15) is 23.2 Å². The van der Waals surface area contributed by atoms with Gasteiger partial charge in [0.25, 0.3) is 0 Å². The number of ether oxygens (including phenoxy) is 1. The lowest BCUT2D eigenvalue weighted by molar-refractivity contribution is -0.274. The van der Waals surface area contributed by atoms with Crippen LogP contribution in [-0.2, 0) is 11.3 Å². The van der Waals surface area contributed by atoms with E-state index in [1.54, 1.807) is 11.0 Å². The second kappa shape index (κ2) is 11.5. The summed E-state index contributed by atoms with van der Waals surface area (Å²) in [6.07, 6.45) is -2.71. The Balaban J connectivity index is 1.61. The maximum absolute atomic E-state index is 13.9. The zero-order valence-corrected chi connectivity index (χ0v) is 21.2. The quantitative estimate of drug-likeness (QED) is 0.315. The second-order valence-electron chi connectivity index (χ2n) is 9.14. The molecule has 2 atom stereocenters. The molecule has 0 N–H and O–H groups in total. The van der Waals surface area contributed by atoms with Crippen molar-refractivity contribution in [3.05, 3.63) is 89.5 Å². The molecule has 3 aromatic rings. The van der Waals surface area contributed by atoms with E-state index in [2.05, 4.69) is 10.8 Å². The number of carbonyl (C=O) groups excluding carboxylic acids is 1. The van der Waals surface area contributed by atoms with Gasteiger partial charge in [0.2, 0.25) is 5.91 Å². The predicted molar refractivity (Wildman–Crippen MR) is 139 cm³/mol. The van der Waals surface area contributed by atoms with E-state index in [4.69, 9.17) is 4.99 Å². The van der Waals surface area contributed by atoms with Crippen LogP contribution in [0, 0.1) is 11.3 Å². The molecule has 196 valence electrons. The number of benzene rings is 3. The molecule has 2 unspecified atom stereocenters. The number of hydrogen-bond donors (Lipinski definition) is 0. The van der Waals surface area contributed by atoms with Gasteiger partial charge < -0.3 is 4.74 Å². The van der Waals surface area contributed by atoms with Gasteiger partial charge in [-0.1, -0.05) is 68.4 Å². The Hall–Kier alpha value is -4.12. The third-order valence-corrected chi connectivity index (χ3v) is 6.56. The summed E-state index contributed by atoms with van der Waals surface area (Å²) < 4.78 is 41.8. The summed E-state index contributed by atoms with van der Waals surface area (Å²) in [7, 11) is 0. The first-order valence-corrected chi connectivity index (χ1v) is 12.6. The van der Waals surface area contributed by atoms with Gasteiger partial charge >= 0.3 is 6.36 Å². The molecule has 38 heavy (non-hydrogen) atoms. The SMILES string of the molecule is CCCC1=NC(CC)C(c2ccc(OC(F)(F)F)cc2)C(=O)N1Cc1ccc(-c2ccccc2C#N)cc1. The van der Waals surface area contributed by atoms with E-state index < -0.39 is 12.3 Å². The van der Waals surface area contributed by atoms with Gasteiger partial charge in [0.05, 0.1) is 30.1 Å². The number of halogens is 3. The summed E-state index contributed by atoms with van der Waals surface area (Å²) in [6.45, 7) is 4.30. The normalized spacial score (nSPS) is 17.6. The van der Waals surface area contributed by atoms with Gasteiger partial charge in [0.15, 0.2) is 0 Å². The number of aliphatic imine (C=N–C) groups is 1. The molecule has 0 bridgehead atoms. The number of nitriles is 1. The van der Waals surface area contributed by atoms with E-state index in [0.717, 1.165) is 28.9 Å². The first kappa shape index (κ1) is 26.9. The van der Waals surface area contributed by atoms with E-state index in [1.807, 2.05) is 56.3 Å². The molecule has 0 saturated carbocycles. The lowest BCUT2D eigenvalue weighted by atomic mass is 9.87. The van der Waals surface area contributed by atoms with Crippen molar-refractivity contribution in [2.75, 3.05) is 0 Å². The van der Waals surface area contributed by atoms with Gasteiger partial charge in [0, 0.05) is 6.42 Å². The van der Waals surface area contributed by atoms with Crippen molar-refractivity contribution in [1.29, 1.82) is 5.26 Å². The molecule has 0 saturated heterocycles. The average molecular weight is 520 g/mol. The number of hydrogen-bond acceptors (Lipinski definition) is 4. The fourth-order valence-electron chi connectivity index (χ4n) is 4.76. The number of amidine groups is 1. The minimum atomic E-state index is -4.78. The molecule has 0 aliphatic carbocycles. The van der Waals surface area contributed by atoms with Gasteiger partial charge in [-0.2, -0.15) is 5.26 Å². The zero-order chi connectivity index (χ0) is 27.3. The molecule has 8 heteroatoms. The highest BCUT2D eigenvalue weighted by atomic mass is 19.4. The number of alkyl halides is 3. The van der Waals surface area contributed by atoms with Gasteiger partial charge in [-0.25, -0.2) is 0 Å².